The van der Waals surface area contributed by atoms with Gasteiger partial charge in [0.15, 0.2) is 5.82 Å². The molecule has 0 unspecified atom stereocenters. The Morgan fingerprint density at radius 3 is 2.68 bits per heavy atom. The van der Waals surface area contributed by atoms with Crippen molar-refractivity contribution in [3.8, 4) is 0 Å². The molecule has 3 aromatic rings. The van der Waals surface area contributed by atoms with Crippen LogP contribution >= 0.6 is 0 Å². The molecule has 0 aliphatic carbocycles. The second-order valence-electron chi connectivity index (χ2n) is 7.31. The maximum absolute atomic E-state index is 12.3. The molecule has 0 saturated carbocycles. The predicted octanol–water partition coefficient (Wildman–Crippen LogP) is 2.32. The number of nitrogens with one attached hydrogen (secondary N) is 3. The zero-order valence-corrected chi connectivity index (χ0v) is 15.3. The summed E-state index contributed by atoms with van der Waals surface area (Å²) in [7, 11) is 0. The standard InChI is InChI=1S/C20H21N7O/c28-20(26-19-10-21-5-6-24-19)25-17-3-4-23-18-7-15(1-2-16(17)18)27-11-13-8-22-9-14(13)12-27/h1-7,10,13-14,22H,8-9,11-12H2,(H2,23,24,25,26,28)/t13-,14+. The van der Waals surface area contributed by atoms with Gasteiger partial charge in [-0.25, -0.2) is 9.78 Å². The number of benzene rings is 1. The quantitative estimate of drug-likeness (QED) is 0.650. The summed E-state index contributed by atoms with van der Waals surface area (Å²) in [6.45, 7) is 4.40. The Morgan fingerprint density at radius 1 is 1.04 bits per heavy atom. The largest absolute Gasteiger partial charge is 0.371 e. The third kappa shape index (κ3) is 3.22. The van der Waals surface area contributed by atoms with E-state index in [1.54, 1.807) is 18.5 Å². The monoisotopic (exact) mass is 375 g/mol. The van der Waals surface area contributed by atoms with Crippen LogP contribution in [-0.2, 0) is 0 Å². The Morgan fingerprint density at radius 2 is 1.89 bits per heavy atom. The third-order valence-electron chi connectivity index (χ3n) is 5.53. The first-order chi connectivity index (χ1) is 13.8. The summed E-state index contributed by atoms with van der Waals surface area (Å²) in [6.07, 6.45) is 6.30. The number of aromatic nitrogens is 3. The lowest BCUT2D eigenvalue weighted by Gasteiger charge is -2.20. The Hall–Kier alpha value is -3.26. The summed E-state index contributed by atoms with van der Waals surface area (Å²) in [5.41, 5.74) is 2.76. The lowest BCUT2D eigenvalue weighted by molar-refractivity contribution is 0.262. The normalized spacial score (nSPS) is 20.9. The summed E-state index contributed by atoms with van der Waals surface area (Å²) in [5, 5.41) is 9.93. The molecule has 0 radical (unpaired) electrons. The maximum atomic E-state index is 12.3. The second kappa shape index (κ2) is 7.05. The van der Waals surface area contributed by atoms with Gasteiger partial charge < -0.3 is 15.5 Å². The van der Waals surface area contributed by atoms with Gasteiger partial charge in [-0.3, -0.25) is 15.3 Å². The van der Waals surface area contributed by atoms with E-state index in [4.69, 9.17) is 0 Å². The number of hydrogen-bond acceptors (Lipinski definition) is 6. The zero-order chi connectivity index (χ0) is 18.9. The molecule has 2 aliphatic rings. The number of carbonyl (C=O) groups is 1. The fourth-order valence-electron chi connectivity index (χ4n) is 4.14. The van der Waals surface area contributed by atoms with Crippen LogP contribution in [0.5, 0.6) is 0 Å². The highest BCUT2D eigenvalue weighted by Crippen LogP contribution is 2.33. The van der Waals surface area contributed by atoms with Crippen LogP contribution in [-0.4, -0.2) is 47.2 Å². The first kappa shape index (κ1) is 16.9. The Labute approximate surface area is 162 Å². The van der Waals surface area contributed by atoms with Gasteiger partial charge >= 0.3 is 6.03 Å². The molecule has 2 aromatic heterocycles. The highest BCUT2D eigenvalue weighted by atomic mass is 16.2. The van der Waals surface area contributed by atoms with Gasteiger partial charge in [-0.1, -0.05) is 0 Å². The molecular weight excluding hydrogens is 354 g/mol. The lowest BCUT2D eigenvalue weighted by Crippen LogP contribution is -2.25. The van der Waals surface area contributed by atoms with Crippen molar-refractivity contribution in [2.45, 2.75) is 0 Å². The highest BCUT2D eigenvalue weighted by Gasteiger charge is 2.36. The van der Waals surface area contributed by atoms with Crippen LogP contribution in [0.4, 0.5) is 22.0 Å². The van der Waals surface area contributed by atoms with Gasteiger partial charge in [-0.2, -0.15) is 0 Å². The molecule has 2 atom stereocenters. The van der Waals surface area contributed by atoms with Gasteiger partial charge in [-0.15, -0.1) is 0 Å². The van der Waals surface area contributed by atoms with E-state index in [2.05, 4.69) is 47.9 Å². The van der Waals surface area contributed by atoms with Crippen LogP contribution in [0.15, 0.2) is 49.1 Å². The highest BCUT2D eigenvalue weighted by molar-refractivity contribution is 6.05. The number of anilines is 3. The SMILES string of the molecule is O=C(Nc1cnccn1)Nc1ccnc2cc(N3C[C@H]4CNC[C@H]4C3)ccc12. The summed E-state index contributed by atoms with van der Waals surface area (Å²) in [5.74, 6) is 1.87. The van der Waals surface area contributed by atoms with Crippen molar-refractivity contribution in [3.63, 3.8) is 0 Å². The fraction of sp³-hybridized carbons (Fsp3) is 0.300. The molecule has 2 aliphatic heterocycles. The average Bonchev–Trinajstić information content (AvgIpc) is 3.31. The van der Waals surface area contributed by atoms with E-state index in [-0.39, 0.29) is 6.03 Å². The molecule has 142 valence electrons. The van der Waals surface area contributed by atoms with E-state index >= 15 is 0 Å². The van der Waals surface area contributed by atoms with E-state index in [1.807, 2.05) is 6.07 Å². The Kier molecular flexibility index (Phi) is 4.25. The van der Waals surface area contributed by atoms with Crippen molar-refractivity contribution < 1.29 is 4.79 Å². The van der Waals surface area contributed by atoms with Crippen LogP contribution in [0.25, 0.3) is 10.9 Å². The van der Waals surface area contributed by atoms with Crippen molar-refractivity contribution in [2.75, 3.05) is 41.7 Å². The van der Waals surface area contributed by atoms with Gasteiger partial charge in [0.05, 0.1) is 17.4 Å². The zero-order valence-electron chi connectivity index (χ0n) is 15.3. The molecule has 2 saturated heterocycles. The number of carbonyl (C=O) groups excluding carboxylic acids is 1. The molecule has 8 nitrogen and oxygen atoms in total. The minimum atomic E-state index is -0.364. The second-order valence-corrected chi connectivity index (χ2v) is 7.31. The van der Waals surface area contributed by atoms with Crippen LogP contribution in [0.3, 0.4) is 0 Å². The fourth-order valence-corrected chi connectivity index (χ4v) is 4.14. The number of nitrogens with zero attached hydrogens (tertiary/aromatic N) is 4. The summed E-state index contributed by atoms with van der Waals surface area (Å²) in [4.78, 5) is 27.2. The minimum absolute atomic E-state index is 0.364. The van der Waals surface area contributed by atoms with Crippen molar-refractivity contribution in [2.24, 2.45) is 11.8 Å². The van der Waals surface area contributed by atoms with Gasteiger partial charge in [0.25, 0.3) is 0 Å². The molecule has 4 heterocycles. The number of hydrogen-bond donors (Lipinski definition) is 3. The smallest absolute Gasteiger partial charge is 0.324 e. The van der Waals surface area contributed by atoms with Crippen molar-refractivity contribution >= 4 is 34.1 Å². The maximum Gasteiger partial charge on any atom is 0.324 e. The summed E-state index contributed by atoms with van der Waals surface area (Å²) >= 11 is 0. The van der Waals surface area contributed by atoms with E-state index in [9.17, 15) is 4.79 Å². The third-order valence-corrected chi connectivity index (χ3v) is 5.53. The van der Waals surface area contributed by atoms with Crippen molar-refractivity contribution in [1.82, 2.24) is 20.3 Å². The van der Waals surface area contributed by atoms with Gasteiger partial charge in [-0.05, 0) is 36.1 Å². The molecule has 8 heteroatoms. The Balaban J connectivity index is 1.35. The molecule has 5 rings (SSSR count). The molecule has 28 heavy (non-hydrogen) atoms. The van der Waals surface area contributed by atoms with Crippen LogP contribution in [0.1, 0.15) is 0 Å². The minimum Gasteiger partial charge on any atom is -0.371 e. The van der Waals surface area contributed by atoms with E-state index < -0.39 is 0 Å². The summed E-state index contributed by atoms with van der Waals surface area (Å²) < 4.78 is 0. The van der Waals surface area contributed by atoms with Crippen LogP contribution in [0.2, 0.25) is 0 Å². The lowest BCUT2D eigenvalue weighted by atomic mass is 10.0. The molecule has 0 spiro atoms. The number of fused-ring (bicyclic) bond motifs is 2. The Bertz CT molecular complexity index is 998. The molecule has 1 aromatic carbocycles. The van der Waals surface area contributed by atoms with Crippen LogP contribution in [0, 0.1) is 11.8 Å². The molecule has 0 bridgehead atoms. The van der Waals surface area contributed by atoms with Crippen molar-refractivity contribution in [3.05, 3.63) is 49.1 Å². The van der Waals surface area contributed by atoms with Crippen LogP contribution < -0.4 is 20.9 Å². The number of amides is 2. The van der Waals surface area contributed by atoms with Gasteiger partial charge in [0, 0.05) is 55.8 Å². The first-order valence-electron chi connectivity index (χ1n) is 9.45. The summed E-state index contributed by atoms with van der Waals surface area (Å²) in [6, 6.07) is 7.68. The van der Waals surface area contributed by atoms with Gasteiger partial charge in [0.2, 0.25) is 0 Å². The number of rotatable bonds is 3. The van der Waals surface area contributed by atoms with Gasteiger partial charge in [0.1, 0.15) is 0 Å². The predicted molar refractivity (Wildman–Crippen MR) is 108 cm³/mol. The topological polar surface area (TPSA) is 95.1 Å². The number of pyridine rings is 1. The number of urea groups is 1. The first-order valence-corrected chi connectivity index (χ1v) is 9.45. The van der Waals surface area contributed by atoms with E-state index in [0.29, 0.717) is 11.5 Å². The van der Waals surface area contributed by atoms with Crippen molar-refractivity contribution in [1.29, 1.82) is 0 Å². The molecular formula is C20H21N7O. The molecule has 2 fully saturated rings. The molecule has 3 N–H and O–H groups in total. The average molecular weight is 375 g/mol. The van der Waals surface area contributed by atoms with E-state index in [0.717, 1.165) is 48.9 Å². The van der Waals surface area contributed by atoms with E-state index in [1.165, 1.54) is 18.1 Å². The molecule has 2 amide bonds.